The molecule has 0 heterocycles. The Hall–Kier alpha value is -1.02. The van der Waals surface area contributed by atoms with E-state index in [1.165, 1.54) is 4.90 Å². The summed E-state index contributed by atoms with van der Waals surface area (Å²) in [6.45, 7) is 5.74. The zero-order valence-corrected chi connectivity index (χ0v) is 10.1. The number of carbonyl (C=O) groups excluding carboxylic acids is 1. The van der Waals surface area contributed by atoms with Crippen LogP contribution in [0.3, 0.4) is 0 Å². The Morgan fingerprint density at radius 2 is 1.87 bits per heavy atom. The van der Waals surface area contributed by atoms with Crippen LogP contribution in [-0.4, -0.2) is 12.0 Å². The monoisotopic (exact) mass is 220 g/mol. The van der Waals surface area contributed by atoms with Crippen molar-refractivity contribution < 1.29 is 4.79 Å². The van der Waals surface area contributed by atoms with Crippen LogP contribution >= 0.6 is 11.8 Å². The predicted octanol–water partition coefficient (Wildman–Crippen LogP) is 3.95. The first kappa shape index (κ1) is 12.1. The first-order valence-corrected chi connectivity index (χ1v) is 6.17. The third-order valence-corrected chi connectivity index (χ3v) is 2.93. The van der Waals surface area contributed by atoms with E-state index >= 15 is 0 Å². The van der Waals surface area contributed by atoms with Gasteiger partial charge in [0.2, 0.25) is 0 Å². The van der Waals surface area contributed by atoms with Crippen molar-refractivity contribution in [1.82, 2.24) is 0 Å². The largest absolute Gasteiger partial charge is 0.294 e. The lowest BCUT2D eigenvalue weighted by molar-refractivity contribution is 0.0983. The predicted molar refractivity (Wildman–Crippen MR) is 66.6 cm³/mol. The number of benzene rings is 1. The fourth-order valence-corrected chi connectivity index (χ4v) is 1.66. The van der Waals surface area contributed by atoms with Gasteiger partial charge in [-0.2, -0.15) is 0 Å². The SMILES string of the molecule is C=C(C)CCC(=O)c1ccc(SC)cc1. The van der Waals surface area contributed by atoms with Crippen molar-refractivity contribution in [3.8, 4) is 0 Å². The normalized spacial score (nSPS) is 10.0. The van der Waals surface area contributed by atoms with Gasteiger partial charge in [0.25, 0.3) is 0 Å². The lowest BCUT2D eigenvalue weighted by Crippen LogP contribution is -1.98. The van der Waals surface area contributed by atoms with Crippen LogP contribution in [0.25, 0.3) is 0 Å². The number of allylic oxidation sites excluding steroid dienone is 1. The zero-order chi connectivity index (χ0) is 11.3. The van der Waals surface area contributed by atoms with Gasteiger partial charge in [-0.3, -0.25) is 4.79 Å². The molecule has 0 fully saturated rings. The Balaban J connectivity index is 2.62. The van der Waals surface area contributed by atoms with Crippen LogP contribution in [0.2, 0.25) is 0 Å². The summed E-state index contributed by atoms with van der Waals surface area (Å²) in [4.78, 5) is 12.9. The molecule has 1 rings (SSSR count). The number of thioether (sulfide) groups is 1. The molecule has 15 heavy (non-hydrogen) atoms. The van der Waals surface area contributed by atoms with Gasteiger partial charge in [0.15, 0.2) is 5.78 Å². The second-order valence-electron chi connectivity index (χ2n) is 3.61. The van der Waals surface area contributed by atoms with Crippen molar-refractivity contribution >= 4 is 17.5 Å². The van der Waals surface area contributed by atoms with E-state index in [0.717, 1.165) is 17.6 Å². The molecular formula is C13H16OS. The van der Waals surface area contributed by atoms with Gasteiger partial charge in [0, 0.05) is 16.9 Å². The van der Waals surface area contributed by atoms with E-state index in [4.69, 9.17) is 0 Å². The van der Waals surface area contributed by atoms with Crippen molar-refractivity contribution in [1.29, 1.82) is 0 Å². The summed E-state index contributed by atoms with van der Waals surface area (Å²) in [6, 6.07) is 7.76. The minimum Gasteiger partial charge on any atom is -0.294 e. The van der Waals surface area contributed by atoms with E-state index in [1.807, 2.05) is 37.4 Å². The van der Waals surface area contributed by atoms with Crippen LogP contribution < -0.4 is 0 Å². The van der Waals surface area contributed by atoms with Gasteiger partial charge in [-0.25, -0.2) is 0 Å². The number of hydrogen-bond acceptors (Lipinski definition) is 2. The number of Topliss-reactive ketones (excluding diaryl/α,β-unsaturated/α-hetero) is 1. The number of hydrogen-bond donors (Lipinski definition) is 0. The van der Waals surface area contributed by atoms with Crippen LogP contribution in [0.5, 0.6) is 0 Å². The van der Waals surface area contributed by atoms with Crippen LogP contribution in [0, 0.1) is 0 Å². The maximum atomic E-state index is 11.7. The van der Waals surface area contributed by atoms with E-state index in [1.54, 1.807) is 11.8 Å². The summed E-state index contributed by atoms with van der Waals surface area (Å²) in [5.41, 5.74) is 1.86. The van der Waals surface area contributed by atoms with Crippen LogP contribution in [0.15, 0.2) is 41.3 Å². The molecule has 0 aliphatic carbocycles. The van der Waals surface area contributed by atoms with Crippen molar-refractivity contribution in [2.45, 2.75) is 24.7 Å². The summed E-state index contributed by atoms with van der Waals surface area (Å²) in [5, 5.41) is 0. The summed E-state index contributed by atoms with van der Waals surface area (Å²) in [7, 11) is 0. The highest BCUT2D eigenvalue weighted by Gasteiger charge is 2.05. The molecule has 0 aliphatic heterocycles. The summed E-state index contributed by atoms with van der Waals surface area (Å²) >= 11 is 1.68. The standard InChI is InChI=1S/C13H16OS/c1-10(2)4-9-13(14)11-5-7-12(15-3)8-6-11/h5-8H,1,4,9H2,2-3H3. The van der Waals surface area contributed by atoms with E-state index in [2.05, 4.69) is 6.58 Å². The van der Waals surface area contributed by atoms with E-state index < -0.39 is 0 Å². The summed E-state index contributed by atoms with van der Waals surface area (Å²) in [5.74, 6) is 0.200. The molecule has 0 saturated carbocycles. The summed E-state index contributed by atoms with van der Waals surface area (Å²) in [6.07, 6.45) is 3.37. The Morgan fingerprint density at radius 3 is 2.33 bits per heavy atom. The molecule has 0 N–H and O–H groups in total. The second kappa shape index (κ2) is 5.76. The first-order chi connectivity index (χ1) is 7.13. The molecule has 1 nitrogen and oxygen atoms in total. The molecular weight excluding hydrogens is 204 g/mol. The average Bonchev–Trinajstić information content (AvgIpc) is 2.26. The van der Waals surface area contributed by atoms with Gasteiger partial charge >= 0.3 is 0 Å². The highest BCUT2D eigenvalue weighted by atomic mass is 32.2. The highest BCUT2D eigenvalue weighted by Crippen LogP contribution is 2.16. The molecule has 0 saturated heterocycles. The lowest BCUT2D eigenvalue weighted by atomic mass is 10.0. The third kappa shape index (κ3) is 3.92. The van der Waals surface area contributed by atoms with Crippen LogP contribution in [0.4, 0.5) is 0 Å². The molecule has 80 valence electrons. The summed E-state index contributed by atoms with van der Waals surface area (Å²) < 4.78 is 0. The van der Waals surface area contributed by atoms with Crippen LogP contribution in [-0.2, 0) is 0 Å². The molecule has 1 aromatic rings. The van der Waals surface area contributed by atoms with Gasteiger partial charge in [0.1, 0.15) is 0 Å². The quantitative estimate of drug-likeness (QED) is 0.424. The van der Waals surface area contributed by atoms with Crippen molar-refractivity contribution in [2.75, 3.05) is 6.26 Å². The fourth-order valence-electron chi connectivity index (χ4n) is 1.25. The number of carbonyl (C=O) groups is 1. The van der Waals surface area contributed by atoms with Gasteiger partial charge in [-0.05, 0) is 31.7 Å². The maximum absolute atomic E-state index is 11.7. The molecule has 0 atom stereocenters. The Morgan fingerprint density at radius 1 is 1.27 bits per heavy atom. The second-order valence-corrected chi connectivity index (χ2v) is 4.49. The Bertz CT molecular complexity index is 351. The van der Waals surface area contributed by atoms with E-state index in [0.29, 0.717) is 6.42 Å². The van der Waals surface area contributed by atoms with Gasteiger partial charge in [0.05, 0.1) is 0 Å². The van der Waals surface area contributed by atoms with E-state index in [9.17, 15) is 4.79 Å². The molecule has 0 radical (unpaired) electrons. The first-order valence-electron chi connectivity index (χ1n) is 4.95. The minimum absolute atomic E-state index is 0.200. The maximum Gasteiger partial charge on any atom is 0.163 e. The number of rotatable bonds is 5. The van der Waals surface area contributed by atoms with Gasteiger partial charge in [-0.1, -0.05) is 17.7 Å². The molecule has 0 unspecified atom stereocenters. The average molecular weight is 220 g/mol. The molecule has 0 bridgehead atoms. The van der Waals surface area contributed by atoms with Gasteiger partial charge < -0.3 is 0 Å². The minimum atomic E-state index is 0.200. The number of ketones is 1. The van der Waals surface area contributed by atoms with Gasteiger partial charge in [-0.15, -0.1) is 18.3 Å². The molecule has 0 aromatic heterocycles. The van der Waals surface area contributed by atoms with Crippen molar-refractivity contribution in [3.05, 3.63) is 42.0 Å². The Labute approximate surface area is 95.6 Å². The molecule has 2 heteroatoms. The third-order valence-electron chi connectivity index (χ3n) is 2.19. The van der Waals surface area contributed by atoms with Crippen molar-refractivity contribution in [3.63, 3.8) is 0 Å². The highest BCUT2D eigenvalue weighted by molar-refractivity contribution is 7.98. The zero-order valence-electron chi connectivity index (χ0n) is 9.25. The lowest BCUT2D eigenvalue weighted by Gasteiger charge is -2.02. The van der Waals surface area contributed by atoms with E-state index in [-0.39, 0.29) is 5.78 Å². The van der Waals surface area contributed by atoms with Crippen molar-refractivity contribution in [2.24, 2.45) is 0 Å². The smallest absolute Gasteiger partial charge is 0.163 e. The molecule has 0 aliphatic rings. The molecule has 1 aromatic carbocycles. The Kier molecular flexibility index (Phi) is 4.63. The molecule has 0 amide bonds. The van der Waals surface area contributed by atoms with Crippen LogP contribution in [0.1, 0.15) is 30.1 Å². The fraction of sp³-hybridized carbons (Fsp3) is 0.308. The molecule has 0 spiro atoms. The topological polar surface area (TPSA) is 17.1 Å².